The Kier molecular flexibility index (Phi) is 5.36. The van der Waals surface area contributed by atoms with Crippen LogP contribution in [0, 0.1) is 4.77 Å². The van der Waals surface area contributed by atoms with E-state index in [0.29, 0.717) is 0 Å². The minimum absolute atomic E-state index is 0.268. The SMILES string of the molecule is COc1ccc(-c2nn(CN3CCCCC3)c(=S)n2C(C)C)cc1. The van der Waals surface area contributed by atoms with Crippen LogP contribution in [0.5, 0.6) is 5.75 Å². The molecule has 0 amide bonds. The number of methoxy groups -OCH3 is 1. The lowest BCUT2D eigenvalue weighted by molar-refractivity contribution is 0.172. The number of rotatable bonds is 5. The van der Waals surface area contributed by atoms with E-state index in [1.165, 1.54) is 19.3 Å². The smallest absolute Gasteiger partial charge is 0.199 e. The molecule has 24 heavy (non-hydrogen) atoms. The molecule has 1 aliphatic heterocycles. The van der Waals surface area contributed by atoms with Crippen molar-refractivity contribution in [2.24, 2.45) is 0 Å². The molecule has 0 aliphatic carbocycles. The Morgan fingerprint density at radius 2 is 1.79 bits per heavy atom. The summed E-state index contributed by atoms with van der Waals surface area (Å²) in [6.45, 7) is 7.34. The van der Waals surface area contributed by atoms with Crippen molar-refractivity contribution in [3.05, 3.63) is 29.0 Å². The van der Waals surface area contributed by atoms with E-state index in [-0.39, 0.29) is 6.04 Å². The van der Waals surface area contributed by atoms with Crippen LogP contribution in [0.4, 0.5) is 0 Å². The molecule has 6 heteroatoms. The fraction of sp³-hybridized carbons (Fsp3) is 0.556. The van der Waals surface area contributed by atoms with Gasteiger partial charge in [0.2, 0.25) is 0 Å². The summed E-state index contributed by atoms with van der Waals surface area (Å²) in [7, 11) is 1.68. The van der Waals surface area contributed by atoms with Crippen LogP contribution in [-0.4, -0.2) is 39.4 Å². The fourth-order valence-corrected chi connectivity index (χ4v) is 3.60. The standard InChI is InChI=1S/C18H26N4OS/c1-14(2)22-17(15-7-9-16(23-3)10-8-15)19-21(18(22)24)13-20-11-5-4-6-12-20/h7-10,14H,4-6,11-13H2,1-3H3. The second-order valence-electron chi connectivity index (χ2n) is 6.62. The molecule has 0 spiro atoms. The number of likely N-dealkylation sites (tertiary alicyclic amines) is 1. The van der Waals surface area contributed by atoms with Crippen LogP contribution >= 0.6 is 12.2 Å². The first-order valence-electron chi connectivity index (χ1n) is 8.66. The lowest BCUT2D eigenvalue weighted by Gasteiger charge is -2.25. The number of hydrogen-bond acceptors (Lipinski definition) is 4. The van der Waals surface area contributed by atoms with E-state index < -0.39 is 0 Å². The zero-order chi connectivity index (χ0) is 17.1. The normalized spacial score (nSPS) is 15.8. The quantitative estimate of drug-likeness (QED) is 0.763. The predicted molar refractivity (Wildman–Crippen MR) is 98.8 cm³/mol. The molecule has 0 saturated carbocycles. The summed E-state index contributed by atoms with van der Waals surface area (Å²) in [5, 5.41) is 4.84. The lowest BCUT2D eigenvalue weighted by atomic mass is 10.1. The van der Waals surface area contributed by atoms with Crippen LogP contribution in [0.25, 0.3) is 11.4 Å². The highest BCUT2D eigenvalue weighted by molar-refractivity contribution is 7.71. The summed E-state index contributed by atoms with van der Waals surface area (Å²) in [6, 6.07) is 8.28. The van der Waals surface area contributed by atoms with Gasteiger partial charge in [0.15, 0.2) is 10.6 Å². The van der Waals surface area contributed by atoms with Gasteiger partial charge in [-0.15, -0.1) is 0 Å². The largest absolute Gasteiger partial charge is 0.497 e. The first-order chi connectivity index (χ1) is 11.6. The van der Waals surface area contributed by atoms with Gasteiger partial charge in [0, 0.05) is 11.6 Å². The first kappa shape index (κ1) is 17.2. The van der Waals surface area contributed by atoms with Gasteiger partial charge in [0.1, 0.15) is 5.75 Å². The van der Waals surface area contributed by atoms with Crippen LogP contribution < -0.4 is 4.74 Å². The molecule has 0 radical (unpaired) electrons. The minimum Gasteiger partial charge on any atom is -0.497 e. The maximum Gasteiger partial charge on any atom is 0.199 e. The highest BCUT2D eigenvalue weighted by Crippen LogP contribution is 2.24. The summed E-state index contributed by atoms with van der Waals surface area (Å²) < 4.78 is 10.2. The molecule has 0 N–H and O–H groups in total. The van der Waals surface area contributed by atoms with Crippen molar-refractivity contribution in [2.45, 2.75) is 45.8 Å². The Hall–Kier alpha value is -1.66. The minimum atomic E-state index is 0.268. The molecule has 1 fully saturated rings. The van der Waals surface area contributed by atoms with Crippen molar-refractivity contribution in [2.75, 3.05) is 20.2 Å². The van der Waals surface area contributed by atoms with Gasteiger partial charge in [0.25, 0.3) is 0 Å². The number of ether oxygens (including phenoxy) is 1. The summed E-state index contributed by atoms with van der Waals surface area (Å²) in [4.78, 5) is 2.44. The molecule has 0 bridgehead atoms. The van der Waals surface area contributed by atoms with Crippen LogP contribution in [0.15, 0.2) is 24.3 Å². The lowest BCUT2D eigenvalue weighted by Crippen LogP contribution is -2.32. The van der Waals surface area contributed by atoms with Crippen LogP contribution in [-0.2, 0) is 6.67 Å². The zero-order valence-corrected chi connectivity index (χ0v) is 15.6. The van der Waals surface area contributed by atoms with Gasteiger partial charge >= 0.3 is 0 Å². The number of aromatic nitrogens is 3. The van der Waals surface area contributed by atoms with Gasteiger partial charge < -0.3 is 4.74 Å². The van der Waals surface area contributed by atoms with Crippen LogP contribution in [0.3, 0.4) is 0 Å². The molecule has 0 atom stereocenters. The molecule has 1 saturated heterocycles. The van der Waals surface area contributed by atoms with E-state index in [0.717, 1.165) is 41.7 Å². The van der Waals surface area contributed by atoms with Crippen molar-refractivity contribution in [3.8, 4) is 17.1 Å². The van der Waals surface area contributed by atoms with Crippen LogP contribution in [0.2, 0.25) is 0 Å². The second kappa shape index (κ2) is 7.49. The van der Waals surface area contributed by atoms with E-state index in [1.807, 2.05) is 28.9 Å². The number of benzene rings is 1. The zero-order valence-electron chi connectivity index (χ0n) is 14.7. The van der Waals surface area contributed by atoms with Crippen LogP contribution in [0.1, 0.15) is 39.2 Å². The summed E-state index contributed by atoms with van der Waals surface area (Å²) in [6.07, 6.45) is 3.87. The van der Waals surface area contributed by atoms with Gasteiger partial charge in [0.05, 0.1) is 13.8 Å². The van der Waals surface area contributed by atoms with Crippen molar-refractivity contribution >= 4 is 12.2 Å². The third-order valence-corrected chi connectivity index (χ3v) is 4.93. The first-order valence-corrected chi connectivity index (χ1v) is 9.07. The maximum atomic E-state index is 5.72. The Morgan fingerprint density at radius 3 is 2.38 bits per heavy atom. The maximum absolute atomic E-state index is 5.72. The molecular formula is C18H26N4OS. The van der Waals surface area contributed by atoms with Crippen molar-refractivity contribution < 1.29 is 4.74 Å². The molecule has 0 unspecified atom stereocenters. The molecule has 130 valence electrons. The van der Waals surface area contributed by atoms with Gasteiger partial charge in [-0.2, -0.15) is 5.10 Å². The molecule has 1 aromatic heterocycles. The molecule has 5 nitrogen and oxygen atoms in total. The molecule has 1 aromatic carbocycles. The second-order valence-corrected chi connectivity index (χ2v) is 6.98. The summed E-state index contributed by atoms with van der Waals surface area (Å²) in [5.41, 5.74) is 1.06. The molecular weight excluding hydrogens is 320 g/mol. The topological polar surface area (TPSA) is 35.2 Å². The highest BCUT2D eigenvalue weighted by atomic mass is 32.1. The third-order valence-electron chi connectivity index (χ3n) is 4.52. The molecule has 2 aromatic rings. The van der Waals surface area contributed by atoms with Gasteiger partial charge in [-0.3, -0.25) is 9.47 Å². The number of hydrogen-bond donors (Lipinski definition) is 0. The molecule has 2 heterocycles. The number of piperidine rings is 1. The Morgan fingerprint density at radius 1 is 1.12 bits per heavy atom. The third kappa shape index (κ3) is 3.54. The molecule has 3 rings (SSSR count). The van der Waals surface area contributed by atoms with Gasteiger partial charge in [-0.25, -0.2) is 4.68 Å². The van der Waals surface area contributed by atoms with E-state index in [4.69, 9.17) is 22.1 Å². The monoisotopic (exact) mass is 346 g/mol. The Labute approximate surface area is 148 Å². The van der Waals surface area contributed by atoms with E-state index in [2.05, 4.69) is 23.3 Å². The summed E-state index contributed by atoms with van der Waals surface area (Å²) in [5.74, 6) is 1.77. The van der Waals surface area contributed by atoms with E-state index in [1.54, 1.807) is 7.11 Å². The van der Waals surface area contributed by atoms with Crippen molar-refractivity contribution in [3.63, 3.8) is 0 Å². The Bertz CT molecular complexity index is 726. The van der Waals surface area contributed by atoms with Crippen molar-refractivity contribution in [1.29, 1.82) is 0 Å². The molecule has 1 aliphatic rings. The average Bonchev–Trinajstić information content (AvgIpc) is 2.92. The Balaban J connectivity index is 1.95. The fourth-order valence-electron chi connectivity index (χ4n) is 3.20. The summed E-state index contributed by atoms with van der Waals surface area (Å²) >= 11 is 5.72. The number of nitrogens with zero attached hydrogens (tertiary/aromatic N) is 4. The van der Waals surface area contributed by atoms with Gasteiger partial charge in [-0.1, -0.05) is 6.42 Å². The highest BCUT2D eigenvalue weighted by Gasteiger charge is 2.18. The van der Waals surface area contributed by atoms with Gasteiger partial charge in [-0.05, 0) is 76.3 Å². The van der Waals surface area contributed by atoms with E-state index >= 15 is 0 Å². The average molecular weight is 346 g/mol. The predicted octanol–water partition coefficient (Wildman–Crippen LogP) is 4.11. The van der Waals surface area contributed by atoms with Crippen molar-refractivity contribution in [1.82, 2.24) is 19.2 Å². The van der Waals surface area contributed by atoms with E-state index in [9.17, 15) is 0 Å².